The molecule has 1 heterocycles. The largest absolute Gasteiger partial charge is 0.135 e. The molecule has 0 aliphatic heterocycles. The van der Waals surface area contributed by atoms with Crippen molar-refractivity contribution >= 4 is 31.5 Å². The van der Waals surface area contributed by atoms with Crippen molar-refractivity contribution < 1.29 is 0 Å². The SMILES string of the molecule is Cc1ccc2c(c1)sc1cc(C)ccc12. The maximum atomic E-state index is 2.27. The first-order valence-corrected chi connectivity index (χ1v) is 5.95. The van der Waals surface area contributed by atoms with Crippen LogP contribution in [-0.2, 0) is 0 Å². The van der Waals surface area contributed by atoms with Crippen LogP contribution in [0.15, 0.2) is 36.4 Å². The van der Waals surface area contributed by atoms with E-state index in [-0.39, 0.29) is 0 Å². The molecule has 15 heavy (non-hydrogen) atoms. The lowest BCUT2D eigenvalue weighted by atomic mass is 10.1. The van der Waals surface area contributed by atoms with E-state index in [2.05, 4.69) is 50.2 Å². The van der Waals surface area contributed by atoms with Crippen molar-refractivity contribution in [1.29, 1.82) is 0 Å². The summed E-state index contributed by atoms with van der Waals surface area (Å²) in [5, 5.41) is 2.78. The van der Waals surface area contributed by atoms with Crippen LogP contribution in [0.2, 0.25) is 0 Å². The Bertz CT molecular complexity index is 591. The molecule has 0 nitrogen and oxygen atoms in total. The molecule has 0 aliphatic rings. The van der Waals surface area contributed by atoms with Gasteiger partial charge in [0.05, 0.1) is 0 Å². The fourth-order valence-corrected chi connectivity index (χ4v) is 3.29. The minimum Gasteiger partial charge on any atom is -0.135 e. The van der Waals surface area contributed by atoms with Crippen molar-refractivity contribution in [3.8, 4) is 0 Å². The van der Waals surface area contributed by atoms with E-state index in [4.69, 9.17) is 0 Å². The second-order valence-electron chi connectivity index (χ2n) is 4.10. The predicted molar refractivity (Wildman–Crippen MR) is 68.8 cm³/mol. The zero-order valence-corrected chi connectivity index (χ0v) is 9.69. The van der Waals surface area contributed by atoms with Gasteiger partial charge in [0.25, 0.3) is 0 Å². The maximum absolute atomic E-state index is 2.27. The third-order valence-corrected chi connectivity index (χ3v) is 3.90. The molecule has 0 amide bonds. The fourth-order valence-electron chi connectivity index (χ4n) is 1.99. The molecule has 1 heteroatoms. The van der Waals surface area contributed by atoms with Crippen LogP contribution in [0.1, 0.15) is 11.1 Å². The average molecular weight is 212 g/mol. The van der Waals surface area contributed by atoms with E-state index in [1.807, 2.05) is 11.3 Å². The van der Waals surface area contributed by atoms with Gasteiger partial charge in [0.2, 0.25) is 0 Å². The number of rotatable bonds is 0. The lowest BCUT2D eigenvalue weighted by Gasteiger charge is -1.94. The van der Waals surface area contributed by atoms with Gasteiger partial charge in [-0.15, -0.1) is 11.3 Å². The van der Waals surface area contributed by atoms with Gasteiger partial charge in [0, 0.05) is 20.2 Å². The van der Waals surface area contributed by atoms with E-state index in [1.165, 1.54) is 31.3 Å². The van der Waals surface area contributed by atoms with Gasteiger partial charge in [-0.2, -0.15) is 0 Å². The molecule has 0 bridgehead atoms. The first kappa shape index (κ1) is 8.93. The molecule has 0 radical (unpaired) electrons. The van der Waals surface area contributed by atoms with Crippen molar-refractivity contribution in [2.75, 3.05) is 0 Å². The van der Waals surface area contributed by atoms with Crippen LogP contribution in [0.25, 0.3) is 20.2 Å². The Balaban J connectivity index is 2.51. The van der Waals surface area contributed by atoms with Crippen LogP contribution in [0.3, 0.4) is 0 Å². The quantitative estimate of drug-likeness (QED) is 0.508. The monoisotopic (exact) mass is 212 g/mol. The minimum atomic E-state index is 1.34. The normalized spacial score (nSPS) is 11.3. The van der Waals surface area contributed by atoms with Crippen molar-refractivity contribution in [3.05, 3.63) is 47.5 Å². The smallest absolute Gasteiger partial charge is 0.0358 e. The van der Waals surface area contributed by atoms with Gasteiger partial charge in [0.1, 0.15) is 0 Å². The summed E-state index contributed by atoms with van der Waals surface area (Å²) in [5.41, 5.74) is 2.68. The van der Waals surface area contributed by atoms with Crippen LogP contribution >= 0.6 is 11.3 Å². The molecule has 3 rings (SSSR count). The molecule has 2 aromatic carbocycles. The van der Waals surface area contributed by atoms with E-state index in [9.17, 15) is 0 Å². The highest BCUT2D eigenvalue weighted by Gasteiger charge is 2.04. The van der Waals surface area contributed by atoms with E-state index in [0.717, 1.165) is 0 Å². The third-order valence-electron chi connectivity index (χ3n) is 2.78. The summed E-state index contributed by atoms with van der Waals surface area (Å²) in [5.74, 6) is 0. The molecule has 1 aromatic heterocycles. The van der Waals surface area contributed by atoms with Gasteiger partial charge < -0.3 is 0 Å². The molecule has 0 aliphatic carbocycles. The molecular formula is C14H12S. The van der Waals surface area contributed by atoms with Gasteiger partial charge in [-0.1, -0.05) is 24.3 Å². The average Bonchev–Trinajstić information content (AvgIpc) is 2.53. The second kappa shape index (κ2) is 3.07. The molecule has 0 fully saturated rings. The molecule has 0 spiro atoms. The van der Waals surface area contributed by atoms with Crippen molar-refractivity contribution in [1.82, 2.24) is 0 Å². The molecule has 0 unspecified atom stereocenters. The number of thiophene rings is 1. The number of hydrogen-bond donors (Lipinski definition) is 0. The predicted octanol–water partition coefficient (Wildman–Crippen LogP) is 4.67. The highest BCUT2D eigenvalue weighted by molar-refractivity contribution is 7.25. The molecule has 74 valence electrons. The van der Waals surface area contributed by atoms with Crippen LogP contribution in [0.4, 0.5) is 0 Å². The Morgan fingerprint density at radius 2 is 1.20 bits per heavy atom. The van der Waals surface area contributed by atoms with E-state index >= 15 is 0 Å². The standard InChI is InChI=1S/C14H12S/c1-9-3-5-11-12-6-4-10(2)8-14(12)15-13(11)7-9/h3-8H,1-2H3. The van der Waals surface area contributed by atoms with Crippen LogP contribution in [0, 0.1) is 13.8 Å². The summed E-state index contributed by atoms with van der Waals surface area (Å²) >= 11 is 1.89. The third kappa shape index (κ3) is 1.35. The highest BCUT2D eigenvalue weighted by atomic mass is 32.1. The summed E-state index contributed by atoms with van der Waals surface area (Å²) in [6, 6.07) is 13.4. The minimum absolute atomic E-state index is 1.34. The topological polar surface area (TPSA) is 0 Å². The van der Waals surface area contributed by atoms with Crippen LogP contribution in [-0.4, -0.2) is 0 Å². The molecule has 0 saturated carbocycles. The summed E-state index contributed by atoms with van der Waals surface area (Å²) < 4.78 is 2.80. The lowest BCUT2D eigenvalue weighted by molar-refractivity contribution is 1.51. The van der Waals surface area contributed by atoms with Crippen LogP contribution < -0.4 is 0 Å². The number of hydrogen-bond acceptors (Lipinski definition) is 1. The highest BCUT2D eigenvalue weighted by Crippen LogP contribution is 2.34. The van der Waals surface area contributed by atoms with Gasteiger partial charge >= 0.3 is 0 Å². The summed E-state index contributed by atoms with van der Waals surface area (Å²) in [6.07, 6.45) is 0. The van der Waals surface area contributed by atoms with Gasteiger partial charge in [-0.3, -0.25) is 0 Å². The van der Waals surface area contributed by atoms with E-state index in [0.29, 0.717) is 0 Å². The second-order valence-corrected chi connectivity index (χ2v) is 5.19. The summed E-state index contributed by atoms with van der Waals surface area (Å²) in [4.78, 5) is 0. The van der Waals surface area contributed by atoms with Crippen molar-refractivity contribution in [3.63, 3.8) is 0 Å². The molecule has 3 aromatic rings. The van der Waals surface area contributed by atoms with Gasteiger partial charge in [0.15, 0.2) is 0 Å². The zero-order valence-electron chi connectivity index (χ0n) is 8.87. The molecule has 0 N–H and O–H groups in total. The first-order valence-electron chi connectivity index (χ1n) is 5.13. The summed E-state index contributed by atoms with van der Waals surface area (Å²) in [6.45, 7) is 4.30. The first-order chi connectivity index (χ1) is 7.24. The maximum Gasteiger partial charge on any atom is 0.0358 e. The van der Waals surface area contributed by atoms with Crippen molar-refractivity contribution in [2.45, 2.75) is 13.8 Å². The Kier molecular flexibility index (Phi) is 1.83. The fraction of sp³-hybridized carbons (Fsp3) is 0.143. The van der Waals surface area contributed by atoms with Crippen molar-refractivity contribution in [2.24, 2.45) is 0 Å². The van der Waals surface area contributed by atoms with Gasteiger partial charge in [-0.25, -0.2) is 0 Å². The van der Waals surface area contributed by atoms with E-state index in [1.54, 1.807) is 0 Å². The lowest BCUT2D eigenvalue weighted by Crippen LogP contribution is -1.71. The number of aryl methyl sites for hydroxylation is 2. The molecular weight excluding hydrogens is 200 g/mol. The zero-order chi connectivity index (χ0) is 10.4. The number of fused-ring (bicyclic) bond motifs is 3. The Hall–Kier alpha value is -1.34. The Morgan fingerprint density at radius 3 is 1.67 bits per heavy atom. The molecule has 0 saturated heterocycles. The van der Waals surface area contributed by atoms with Gasteiger partial charge in [-0.05, 0) is 37.1 Å². The summed E-state index contributed by atoms with van der Waals surface area (Å²) in [7, 11) is 0. The van der Waals surface area contributed by atoms with Crippen LogP contribution in [0.5, 0.6) is 0 Å². The molecule has 0 atom stereocenters. The Morgan fingerprint density at radius 1 is 0.733 bits per heavy atom. The Labute approximate surface area is 93.2 Å². The number of benzene rings is 2. The van der Waals surface area contributed by atoms with E-state index < -0.39 is 0 Å².